The van der Waals surface area contributed by atoms with Gasteiger partial charge in [0.05, 0.1) is 20.3 Å². The smallest absolute Gasteiger partial charge is 0.251 e. The van der Waals surface area contributed by atoms with Crippen molar-refractivity contribution in [2.75, 3.05) is 14.2 Å². The number of methoxy groups -OCH3 is 2. The fourth-order valence-electron chi connectivity index (χ4n) is 2.83. The first-order valence-electron chi connectivity index (χ1n) is 9.10. The van der Waals surface area contributed by atoms with E-state index in [1.807, 2.05) is 0 Å². The van der Waals surface area contributed by atoms with E-state index < -0.39 is 27.8 Å². The Kier molecular flexibility index (Phi) is 6.09. The van der Waals surface area contributed by atoms with E-state index in [2.05, 4.69) is 10.0 Å². The molecule has 156 valence electrons. The fraction of sp³-hybridized carbons (Fsp3) is 0.350. The molecular weight excluding hydrogens is 399 g/mol. The number of hydrogen-bond acceptors (Lipinski definition) is 5. The number of amides is 1. The van der Waals surface area contributed by atoms with Crippen molar-refractivity contribution in [3.05, 3.63) is 53.3 Å². The molecule has 0 spiro atoms. The lowest BCUT2D eigenvalue weighted by Crippen LogP contribution is -2.28. The normalized spacial score (nSPS) is 14.9. The van der Waals surface area contributed by atoms with E-state index in [9.17, 15) is 17.6 Å². The second-order valence-electron chi connectivity index (χ2n) is 6.85. The van der Waals surface area contributed by atoms with Crippen molar-refractivity contribution in [2.45, 2.75) is 36.7 Å². The molecule has 1 atom stereocenters. The van der Waals surface area contributed by atoms with E-state index in [1.165, 1.54) is 44.6 Å². The van der Waals surface area contributed by atoms with E-state index in [0.717, 1.165) is 12.8 Å². The highest BCUT2D eigenvalue weighted by atomic mass is 32.2. The van der Waals surface area contributed by atoms with Crippen molar-refractivity contribution in [3.63, 3.8) is 0 Å². The van der Waals surface area contributed by atoms with Gasteiger partial charge in [-0.1, -0.05) is 6.07 Å². The lowest BCUT2D eigenvalue weighted by molar-refractivity contribution is 0.0939. The standard InChI is InChI=1S/C20H23FN2O5S/c1-12(13-4-8-17(27-2)16(21)10-13)22-20(24)14-5-9-18(28-3)19(11-14)29(25,26)23-15-6-7-15/h4-5,8-12,15,23H,6-7H2,1-3H3,(H,22,24)/t12-/m0/s1. The minimum atomic E-state index is -3.81. The Labute approximate surface area is 169 Å². The van der Waals surface area contributed by atoms with Crippen molar-refractivity contribution in [2.24, 2.45) is 0 Å². The number of benzene rings is 2. The van der Waals surface area contributed by atoms with Crippen LogP contribution in [0.25, 0.3) is 0 Å². The average Bonchev–Trinajstić information content (AvgIpc) is 3.50. The van der Waals surface area contributed by atoms with Crippen molar-refractivity contribution < 1.29 is 27.1 Å². The number of rotatable bonds is 8. The van der Waals surface area contributed by atoms with Crippen LogP contribution in [0.5, 0.6) is 11.5 Å². The summed E-state index contributed by atoms with van der Waals surface area (Å²) in [5.74, 6) is -0.755. The summed E-state index contributed by atoms with van der Waals surface area (Å²) in [4.78, 5) is 12.6. The van der Waals surface area contributed by atoms with Gasteiger partial charge in [0.1, 0.15) is 10.6 Å². The largest absolute Gasteiger partial charge is 0.495 e. The van der Waals surface area contributed by atoms with Gasteiger partial charge in [-0.15, -0.1) is 0 Å². The molecule has 2 aromatic carbocycles. The molecule has 7 nitrogen and oxygen atoms in total. The third kappa shape index (κ3) is 4.86. The molecule has 0 aromatic heterocycles. The van der Waals surface area contributed by atoms with E-state index in [1.54, 1.807) is 13.0 Å². The minimum Gasteiger partial charge on any atom is -0.495 e. The zero-order valence-electron chi connectivity index (χ0n) is 16.4. The van der Waals surface area contributed by atoms with Crippen molar-refractivity contribution >= 4 is 15.9 Å². The maximum Gasteiger partial charge on any atom is 0.251 e. The Bertz CT molecular complexity index is 1020. The molecule has 0 heterocycles. The van der Waals surface area contributed by atoms with Crippen LogP contribution in [0.3, 0.4) is 0 Å². The van der Waals surface area contributed by atoms with Gasteiger partial charge in [0.2, 0.25) is 10.0 Å². The molecule has 1 aliphatic carbocycles. The summed E-state index contributed by atoms with van der Waals surface area (Å²) in [6.45, 7) is 1.70. The highest BCUT2D eigenvalue weighted by molar-refractivity contribution is 7.89. The molecule has 1 fully saturated rings. The number of hydrogen-bond donors (Lipinski definition) is 2. The molecule has 2 N–H and O–H groups in total. The summed E-state index contributed by atoms with van der Waals surface area (Å²) in [7, 11) is -1.07. The molecule has 3 rings (SSSR count). The first kappa shape index (κ1) is 21.1. The highest BCUT2D eigenvalue weighted by Gasteiger charge is 2.30. The maximum absolute atomic E-state index is 13.9. The number of sulfonamides is 1. The average molecular weight is 422 g/mol. The molecular formula is C20H23FN2O5S. The SMILES string of the molecule is COc1ccc([C@H](C)NC(=O)c2ccc(OC)c(S(=O)(=O)NC3CC3)c2)cc1F. The van der Waals surface area contributed by atoms with Crippen LogP contribution in [0.2, 0.25) is 0 Å². The Hall–Kier alpha value is -2.65. The Morgan fingerprint density at radius 1 is 1.10 bits per heavy atom. The molecule has 1 aliphatic rings. The van der Waals surface area contributed by atoms with Crippen LogP contribution in [0.15, 0.2) is 41.3 Å². The first-order chi connectivity index (χ1) is 13.7. The van der Waals surface area contributed by atoms with Crippen LogP contribution in [-0.4, -0.2) is 34.6 Å². The summed E-state index contributed by atoms with van der Waals surface area (Å²) in [6.07, 6.45) is 1.58. The Morgan fingerprint density at radius 2 is 1.76 bits per heavy atom. The summed E-state index contributed by atoms with van der Waals surface area (Å²) in [5.41, 5.74) is 0.705. The van der Waals surface area contributed by atoms with Crippen LogP contribution in [0.1, 0.15) is 41.7 Å². The first-order valence-corrected chi connectivity index (χ1v) is 10.6. The molecule has 0 unspecified atom stereocenters. The van der Waals surface area contributed by atoms with E-state index in [-0.39, 0.29) is 28.0 Å². The molecule has 0 bridgehead atoms. The zero-order valence-corrected chi connectivity index (χ0v) is 17.2. The number of nitrogens with one attached hydrogen (secondary N) is 2. The van der Waals surface area contributed by atoms with E-state index >= 15 is 0 Å². The summed E-state index contributed by atoms with van der Waals surface area (Å²) < 4.78 is 51.7. The van der Waals surface area contributed by atoms with Gasteiger partial charge in [-0.05, 0) is 55.7 Å². The van der Waals surface area contributed by atoms with Gasteiger partial charge >= 0.3 is 0 Å². The number of halogens is 1. The highest BCUT2D eigenvalue weighted by Crippen LogP contribution is 2.29. The van der Waals surface area contributed by atoms with Crippen LogP contribution in [0.4, 0.5) is 4.39 Å². The Balaban J connectivity index is 1.81. The molecule has 9 heteroatoms. The summed E-state index contributed by atoms with van der Waals surface area (Å²) in [5, 5.41) is 2.74. The third-order valence-corrected chi connectivity index (χ3v) is 6.18. The Morgan fingerprint density at radius 3 is 2.34 bits per heavy atom. The van der Waals surface area contributed by atoms with Gasteiger partial charge in [0, 0.05) is 11.6 Å². The number of ether oxygens (including phenoxy) is 2. The van der Waals surface area contributed by atoms with Gasteiger partial charge in [-0.2, -0.15) is 0 Å². The fourth-order valence-corrected chi connectivity index (χ4v) is 4.33. The van der Waals surface area contributed by atoms with Gasteiger partial charge in [0.15, 0.2) is 11.6 Å². The molecule has 0 aliphatic heterocycles. The molecule has 0 radical (unpaired) electrons. The quantitative estimate of drug-likeness (QED) is 0.682. The molecule has 1 amide bonds. The topological polar surface area (TPSA) is 93.7 Å². The van der Waals surface area contributed by atoms with Crippen LogP contribution < -0.4 is 19.5 Å². The summed E-state index contributed by atoms with van der Waals surface area (Å²) >= 11 is 0. The van der Waals surface area contributed by atoms with E-state index in [4.69, 9.17) is 9.47 Å². The lowest BCUT2D eigenvalue weighted by atomic mass is 10.1. The van der Waals surface area contributed by atoms with Crippen molar-refractivity contribution in [1.82, 2.24) is 10.0 Å². The lowest BCUT2D eigenvalue weighted by Gasteiger charge is -2.16. The van der Waals surface area contributed by atoms with E-state index in [0.29, 0.717) is 5.56 Å². The predicted molar refractivity (Wildman–Crippen MR) is 105 cm³/mol. The summed E-state index contributed by atoms with van der Waals surface area (Å²) in [6, 6.07) is 8.03. The zero-order chi connectivity index (χ0) is 21.2. The van der Waals surface area contributed by atoms with Crippen LogP contribution >= 0.6 is 0 Å². The molecule has 2 aromatic rings. The van der Waals surface area contributed by atoms with Gasteiger partial charge in [0.25, 0.3) is 5.91 Å². The van der Waals surface area contributed by atoms with Crippen molar-refractivity contribution in [3.8, 4) is 11.5 Å². The second kappa shape index (κ2) is 8.38. The second-order valence-corrected chi connectivity index (χ2v) is 8.53. The van der Waals surface area contributed by atoms with Gasteiger partial charge in [-0.25, -0.2) is 17.5 Å². The van der Waals surface area contributed by atoms with Gasteiger partial charge in [-0.3, -0.25) is 4.79 Å². The predicted octanol–water partition coefficient (Wildman–Crippen LogP) is 2.77. The maximum atomic E-state index is 13.9. The molecule has 29 heavy (non-hydrogen) atoms. The van der Waals surface area contributed by atoms with Crippen LogP contribution in [-0.2, 0) is 10.0 Å². The van der Waals surface area contributed by atoms with Gasteiger partial charge < -0.3 is 14.8 Å². The molecule has 1 saturated carbocycles. The van der Waals surface area contributed by atoms with Crippen LogP contribution in [0, 0.1) is 5.82 Å². The number of carbonyl (C=O) groups is 1. The number of carbonyl (C=O) groups excluding carboxylic acids is 1. The van der Waals surface area contributed by atoms with Crippen molar-refractivity contribution in [1.29, 1.82) is 0 Å². The third-order valence-electron chi connectivity index (χ3n) is 4.64. The monoisotopic (exact) mass is 422 g/mol. The minimum absolute atomic E-state index is 0.0767. The molecule has 0 saturated heterocycles.